The van der Waals surface area contributed by atoms with E-state index >= 15 is 0 Å². The summed E-state index contributed by atoms with van der Waals surface area (Å²) in [6, 6.07) is 5.30. The Morgan fingerprint density at radius 2 is 1.74 bits per heavy atom. The fourth-order valence-corrected chi connectivity index (χ4v) is 2.14. The van der Waals surface area contributed by atoms with Gasteiger partial charge in [-0.3, -0.25) is 4.79 Å². The van der Waals surface area contributed by atoms with Crippen LogP contribution in [0.2, 0.25) is 0 Å². The number of aromatic hydroxyl groups is 1. The predicted molar refractivity (Wildman–Crippen MR) is 83.2 cm³/mol. The van der Waals surface area contributed by atoms with Crippen LogP contribution in [0.5, 0.6) is 5.75 Å². The van der Waals surface area contributed by atoms with Crippen LogP contribution in [0.15, 0.2) is 18.2 Å². The molecular formula is C16H26MgO2. The van der Waals surface area contributed by atoms with Crippen molar-refractivity contribution in [3.63, 3.8) is 0 Å². The SMILES string of the molecule is CCCCCCCCCc1ccc(O)c(C=O)c1.[H-].[H-].[Mg+2]. The molecule has 0 aliphatic heterocycles. The first kappa shape index (κ1) is 18.5. The van der Waals surface area contributed by atoms with Gasteiger partial charge in [0.05, 0.1) is 5.56 Å². The van der Waals surface area contributed by atoms with E-state index in [0.717, 1.165) is 18.4 Å². The number of aryl methyl sites for hydroxylation is 1. The number of benzene rings is 1. The Hall–Kier alpha value is -0.544. The van der Waals surface area contributed by atoms with Crippen LogP contribution in [0.3, 0.4) is 0 Å². The van der Waals surface area contributed by atoms with Crippen molar-refractivity contribution in [1.82, 2.24) is 0 Å². The molecule has 0 bridgehead atoms. The van der Waals surface area contributed by atoms with Crippen LogP contribution in [0.4, 0.5) is 0 Å². The molecular weight excluding hydrogens is 248 g/mol. The van der Waals surface area contributed by atoms with E-state index in [1.54, 1.807) is 12.1 Å². The Balaban J connectivity index is -0.00000108. The molecule has 19 heavy (non-hydrogen) atoms. The first-order valence-electron chi connectivity index (χ1n) is 7.05. The Kier molecular flexibility index (Phi) is 11.0. The summed E-state index contributed by atoms with van der Waals surface area (Å²) in [6.45, 7) is 2.23. The minimum atomic E-state index is 0. The van der Waals surface area contributed by atoms with Crippen LogP contribution in [-0.2, 0) is 6.42 Å². The van der Waals surface area contributed by atoms with Crippen LogP contribution < -0.4 is 0 Å². The van der Waals surface area contributed by atoms with Crippen LogP contribution in [0.1, 0.15) is 70.6 Å². The van der Waals surface area contributed by atoms with E-state index < -0.39 is 0 Å². The summed E-state index contributed by atoms with van der Waals surface area (Å²) in [5, 5.41) is 9.40. The van der Waals surface area contributed by atoms with Gasteiger partial charge in [0, 0.05) is 0 Å². The van der Waals surface area contributed by atoms with E-state index in [0.29, 0.717) is 11.8 Å². The molecule has 1 aromatic carbocycles. The van der Waals surface area contributed by atoms with Crippen LogP contribution in [-0.4, -0.2) is 34.4 Å². The smallest absolute Gasteiger partial charge is 1.00 e. The third-order valence-electron chi connectivity index (χ3n) is 3.29. The molecule has 0 aromatic heterocycles. The third kappa shape index (κ3) is 7.58. The molecule has 1 N–H and O–H groups in total. The number of phenols is 1. The van der Waals surface area contributed by atoms with Crippen molar-refractivity contribution in [1.29, 1.82) is 0 Å². The number of rotatable bonds is 9. The summed E-state index contributed by atoms with van der Waals surface area (Å²) in [5.41, 5.74) is 1.54. The van der Waals surface area contributed by atoms with Gasteiger partial charge in [-0.25, -0.2) is 0 Å². The quantitative estimate of drug-likeness (QED) is 0.413. The fourth-order valence-electron chi connectivity index (χ4n) is 2.14. The second-order valence-electron chi connectivity index (χ2n) is 4.88. The summed E-state index contributed by atoms with van der Waals surface area (Å²) >= 11 is 0. The maximum Gasteiger partial charge on any atom is 2.00 e. The molecule has 0 radical (unpaired) electrons. The Labute approximate surface area is 135 Å². The van der Waals surface area contributed by atoms with E-state index in [1.807, 2.05) is 6.07 Å². The topological polar surface area (TPSA) is 37.3 Å². The molecule has 0 saturated carbocycles. The average molecular weight is 275 g/mol. The summed E-state index contributed by atoms with van der Waals surface area (Å²) in [5.74, 6) is 0.0771. The van der Waals surface area contributed by atoms with Crippen molar-refractivity contribution in [3.8, 4) is 5.75 Å². The molecule has 0 aliphatic rings. The standard InChI is InChI=1S/C16H24O2.Mg.2H/c1-2-3-4-5-6-7-8-9-14-10-11-16(18)15(12-14)13-17;;;/h10-13,18H,2-9H2,1H3;;;/q;+2;2*-1. The van der Waals surface area contributed by atoms with Gasteiger partial charge in [0.15, 0.2) is 6.29 Å². The van der Waals surface area contributed by atoms with Gasteiger partial charge in [-0.2, -0.15) is 0 Å². The molecule has 3 heteroatoms. The maximum absolute atomic E-state index is 10.7. The number of phenolic OH excluding ortho intramolecular Hbond substituents is 1. The maximum atomic E-state index is 10.7. The normalized spacial score (nSPS) is 9.95. The van der Waals surface area contributed by atoms with Gasteiger partial charge in [0.2, 0.25) is 0 Å². The first-order valence-corrected chi connectivity index (χ1v) is 7.05. The fraction of sp³-hybridized carbons (Fsp3) is 0.562. The molecule has 0 unspecified atom stereocenters. The van der Waals surface area contributed by atoms with Gasteiger partial charge in [0.1, 0.15) is 5.75 Å². The number of aldehydes is 1. The second-order valence-corrected chi connectivity index (χ2v) is 4.88. The molecule has 104 valence electrons. The summed E-state index contributed by atoms with van der Waals surface area (Å²) in [6.07, 6.45) is 10.8. The Morgan fingerprint density at radius 3 is 2.37 bits per heavy atom. The van der Waals surface area contributed by atoms with Crippen molar-refractivity contribution in [2.24, 2.45) is 0 Å². The minimum absolute atomic E-state index is 0. The molecule has 0 saturated heterocycles. The van der Waals surface area contributed by atoms with Gasteiger partial charge >= 0.3 is 23.1 Å². The third-order valence-corrected chi connectivity index (χ3v) is 3.29. The second kappa shape index (κ2) is 11.3. The van der Waals surface area contributed by atoms with E-state index in [4.69, 9.17) is 0 Å². The number of unbranched alkanes of at least 4 members (excludes halogenated alkanes) is 6. The average Bonchev–Trinajstić information content (AvgIpc) is 2.39. The molecule has 0 atom stereocenters. The van der Waals surface area contributed by atoms with Crippen LogP contribution >= 0.6 is 0 Å². The van der Waals surface area contributed by atoms with E-state index in [2.05, 4.69) is 6.92 Å². The largest absolute Gasteiger partial charge is 2.00 e. The number of hydrogen-bond acceptors (Lipinski definition) is 2. The Morgan fingerprint density at radius 1 is 1.11 bits per heavy atom. The minimum Gasteiger partial charge on any atom is -1.00 e. The summed E-state index contributed by atoms with van der Waals surface area (Å²) in [4.78, 5) is 10.7. The van der Waals surface area contributed by atoms with Gasteiger partial charge in [-0.15, -0.1) is 0 Å². The van der Waals surface area contributed by atoms with E-state index in [9.17, 15) is 9.90 Å². The summed E-state index contributed by atoms with van der Waals surface area (Å²) < 4.78 is 0. The molecule has 0 fully saturated rings. The monoisotopic (exact) mass is 274 g/mol. The van der Waals surface area contributed by atoms with Crippen molar-refractivity contribution in [2.75, 3.05) is 0 Å². The number of hydrogen-bond donors (Lipinski definition) is 1. The van der Waals surface area contributed by atoms with Gasteiger partial charge in [0.25, 0.3) is 0 Å². The van der Waals surface area contributed by atoms with Crippen LogP contribution in [0.25, 0.3) is 0 Å². The zero-order valence-electron chi connectivity index (χ0n) is 14.0. The summed E-state index contributed by atoms with van der Waals surface area (Å²) in [7, 11) is 0. The van der Waals surface area contributed by atoms with Crippen molar-refractivity contribution in [2.45, 2.75) is 58.3 Å². The Bertz CT molecular complexity index is 373. The van der Waals surface area contributed by atoms with Crippen molar-refractivity contribution < 1.29 is 12.8 Å². The zero-order valence-corrected chi connectivity index (χ0v) is 13.4. The molecule has 0 spiro atoms. The number of carbonyl (C=O) groups excluding carboxylic acids is 1. The van der Waals surface area contributed by atoms with Crippen molar-refractivity contribution >= 4 is 29.3 Å². The molecule has 0 aliphatic carbocycles. The molecule has 2 nitrogen and oxygen atoms in total. The van der Waals surface area contributed by atoms with E-state index in [1.165, 1.54) is 38.5 Å². The van der Waals surface area contributed by atoms with Gasteiger partial charge in [-0.1, -0.05) is 51.5 Å². The van der Waals surface area contributed by atoms with Crippen LogP contribution in [0, 0.1) is 0 Å². The van der Waals surface area contributed by atoms with Crippen molar-refractivity contribution in [3.05, 3.63) is 29.3 Å². The number of carbonyl (C=O) groups is 1. The van der Waals surface area contributed by atoms with Gasteiger partial charge < -0.3 is 7.96 Å². The zero-order chi connectivity index (χ0) is 13.2. The first-order chi connectivity index (χ1) is 8.77. The van der Waals surface area contributed by atoms with E-state index in [-0.39, 0.29) is 31.7 Å². The van der Waals surface area contributed by atoms with Gasteiger partial charge in [-0.05, 0) is 30.5 Å². The molecule has 0 heterocycles. The predicted octanol–water partition coefficient (Wildman–Crippen LogP) is 4.34. The molecule has 1 rings (SSSR count). The molecule has 0 amide bonds. The molecule has 1 aromatic rings.